The summed E-state index contributed by atoms with van der Waals surface area (Å²) in [5.41, 5.74) is 4.20. The molecule has 94 valence electrons. The number of hydrogen-bond acceptors (Lipinski definition) is 1. The maximum Gasteiger partial charge on any atom is 0.157 e. The molecule has 1 aromatic carbocycles. The summed E-state index contributed by atoms with van der Waals surface area (Å²) in [6, 6.07) is 4.52. The van der Waals surface area contributed by atoms with E-state index in [4.69, 9.17) is 4.74 Å². The summed E-state index contributed by atoms with van der Waals surface area (Å²) in [6.07, 6.45) is 17.1. The number of benzene rings is 1. The van der Waals surface area contributed by atoms with E-state index in [1.165, 1.54) is 45.1 Å². The Morgan fingerprint density at radius 1 is 1.10 bits per heavy atom. The molecule has 5 aliphatic rings. The Balaban J connectivity index is 1.80. The molecule has 0 fully saturated rings. The zero-order valence-electron chi connectivity index (χ0n) is 10.9. The molecular weight excluding hydrogens is 244 g/mol. The van der Waals surface area contributed by atoms with Crippen molar-refractivity contribution in [3.8, 4) is 0 Å². The molecule has 20 heavy (non-hydrogen) atoms. The molecule has 2 bridgehead atoms. The van der Waals surface area contributed by atoms with Gasteiger partial charge in [-0.1, -0.05) is 54.7 Å². The van der Waals surface area contributed by atoms with Gasteiger partial charge in [-0.15, -0.1) is 0 Å². The van der Waals surface area contributed by atoms with Crippen LogP contribution in [0.2, 0.25) is 0 Å². The van der Waals surface area contributed by atoms with Crippen molar-refractivity contribution < 1.29 is 4.74 Å². The highest BCUT2D eigenvalue weighted by atomic mass is 16.6. The molecule has 1 spiro atoms. The third kappa shape index (κ3) is 0.866. The number of ether oxygens (including phenoxy) is 1. The maximum absolute atomic E-state index is 5.78. The monoisotopic (exact) mass is 256 g/mol. The van der Waals surface area contributed by atoms with Crippen molar-refractivity contribution in [2.75, 3.05) is 0 Å². The van der Waals surface area contributed by atoms with E-state index in [1.54, 1.807) is 0 Å². The highest BCUT2D eigenvalue weighted by molar-refractivity contribution is 5.85. The van der Waals surface area contributed by atoms with Gasteiger partial charge < -0.3 is 4.74 Å². The molecule has 0 aromatic heterocycles. The van der Waals surface area contributed by atoms with E-state index in [2.05, 4.69) is 54.7 Å². The molecule has 0 N–H and O–H groups in total. The fourth-order valence-corrected chi connectivity index (χ4v) is 4.36. The van der Waals surface area contributed by atoms with Gasteiger partial charge in [-0.25, -0.2) is 0 Å². The van der Waals surface area contributed by atoms with Gasteiger partial charge in [0.2, 0.25) is 0 Å². The van der Waals surface area contributed by atoms with Crippen LogP contribution < -0.4 is 10.4 Å². The second-order valence-corrected chi connectivity index (χ2v) is 6.24. The summed E-state index contributed by atoms with van der Waals surface area (Å²) in [6.45, 7) is 0. The molecule has 2 unspecified atom stereocenters. The van der Waals surface area contributed by atoms with E-state index in [0.717, 1.165) is 0 Å². The Labute approximate surface area is 116 Å². The summed E-state index contributed by atoms with van der Waals surface area (Å²) in [4.78, 5) is 0. The van der Waals surface area contributed by atoms with E-state index in [9.17, 15) is 0 Å². The van der Waals surface area contributed by atoms with Gasteiger partial charge in [0.15, 0.2) is 11.5 Å². The van der Waals surface area contributed by atoms with Gasteiger partial charge in [0.25, 0.3) is 0 Å². The van der Waals surface area contributed by atoms with Crippen molar-refractivity contribution >= 4 is 23.8 Å². The Morgan fingerprint density at radius 3 is 3.10 bits per heavy atom. The maximum atomic E-state index is 5.78. The predicted molar refractivity (Wildman–Crippen MR) is 79.4 cm³/mol. The van der Waals surface area contributed by atoms with E-state index >= 15 is 0 Å². The summed E-state index contributed by atoms with van der Waals surface area (Å²) < 4.78 is 5.78. The molecule has 2 atom stereocenters. The minimum Gasteiger partial charge on any atom is -0.457 e. The molecule has 1 nitrogen and oxygen atoms in total. The molecule has 0 saturated heterocycles. The fraction of sp³-hybridized carbons (Fsp3) is 0.158. The van der Waals surface area contributed by atoms with Crippen LogP contribution in [0.25, 0.3) is 23.8 Å². The minimum absolute atomic E-state index is 0.0437. The normalized spacial score (nSPS) is 32.4. The summed E-state index contributed by atoms with van der Waals surface area (Å²) in [7, 11) is 0. The first kappa shape index (κ1) is 9.60. The molecular formula is C19H12O. The highest BCUT2D eigenvalue weighted by Crippen LogP contribution is 2.65. The molecule has 6 rings (SSSR count). The quantitative estimate of drug-likeness (QED) is 0.695. The Morgan fingerprint density at radius 2 is 2.10 bits per heavy atom. The molecule has 1 heterocycles. The minimum atomic E-state index is 0.0437. The van der Waals surface area contributed by atoms with Crippen molar-refractivity contribution in [2.45, 2.75) is 6.42 Å². The Bertz CT molecular complexity index is 952. The second-order valence-electron chi connectivity index (χ2n) is 6.24. The first-order valence-corrected chi connectivity index (χ1v) is 7.23. The van der Waals surface area contributed by atoms with Crippen LogP contribution >= 0.6 is 0 Å². The van der Waals surface area contributed by atoms with Gasteiger partial charge in [0.1, 0.15) is 0 Å². The van der Waals surface area contributed by atoms with E-state index in [1.807, 2.05) is 0 Å². The standard InChI is InChI=1S/C19H12O/c1-2-11-4-6-15-14(13(11)3-1)8-9-19-10-12(5-7-16(15)19)17-18(19)20-17/h1-9,12H,10H2. The first-order chi connectivity index (χ1) is 9.87. The van der Waals surface area contributed by atoms with Crippen molar-refractivity contribution in [2.24, 2.45) is 11.3 Å². The predicted octanol–water partition coefficient (Wildman–Crippen LogP) is 2.49. The lowest BCUT2D eigenvalue weighted by molar-refractivity contribution is 0.297. The van der Waals surface area contributed by atoms with Gasteiger partial charge in [-0.05, 0) is 33.6 Å². The fourth-order valence-electron chi connectivity index (χ4n) is 4.36. The average Bonchev–Trinajstić information content (AvgIpc) is 3.09. The lowest BCUT2D eigenvalue weighted by atomic mass is 9.69. The number of fused-ring (bicyclic) bond motifs is 5. The van der Waals surface area contributed by atoms with Crippen LogP contribution in [0.1, 0.15) is 17.5 Å². The molecule has 4 aliphatic carbocycles. The molecule has 0 amide bonds. The van der Waals surface area contributed by atoms with Crippen LogP contribution in [-0.4, -0.2) is 0 Å². The Kier molecular flexibility index (Phi) is 1.32. The van der Waals surface area contributed by atoms with Crippen LogP contribution in [0.3, 0.4) is 0 Å². The van der Waals surface area contributed by atoms with E-state index in [-0.39, 0.29) is 5.41 Å². The highest BCUT2D eigenvalue weighted by Gasteiger charge is 2.58. The second kappa shape index (κ2) is 2.76. The van der Waals surface area contributed by atoms with Crippen molar-refractivity contribution in [3.05, 3.63) is 69.5 Å². The van der Waals surface area contributed by atoms with E-state index < -0.39 is 0 Å². The molecule has 1 aromatic rings. The lowest BCUT2D eigenvalue weighted by Crippen LogP contribution is -2.32. The summed E-state index contributed by atoms with van der Waals surface area (Å²) in [5, 5.41) is 2.71. The van der Waals surface area contributed by atoms with Crippen LogP contribution in [0.5, 0.6) is 0 Å². The van der Waals surface area contributed by atoms with Crippen LogP contribution in [0.15, 0.2) is 48.0 Å². The third-order valence-electron chi connectivity index (χ3n) is 5.34. The van der Waals surface area contributed by atoms with Crippen LogP contribution in [0.4, 0.5) is 0 Å². The smallest absolute Gasteiger partial charge is 0.157 e. The topological polar surface area (TPSA) is 12.5 Å². The van der Waals surface area contributed by atoms with Crippen molar-refractivity contribution in [3.63, 3.8) is 0 Å². The number of allylic oxidation sites excluding steroid dienone is 4. The molecule has 0 radical (unpaired) electrons. The first-order valence-electron chi connectivity index (χ1n) is 7.23. The largest absolute Gasteiger partial charge is 0.457 e. The van der Waals surface area contributed by atoms with E-state index in [0.29, 0.717) is 5.92 Å². The average molecular weight is 256 g/mol. The van der Waals surface area contributed by atoms with Gasteiger partial charge in [-0.2, -0.15) is 0 Å². The van der Waals surface area contributed by atoms with Gasteiger partial charge in [0, 0.05) is 5.92 Å². The van der Waals surface area contributed by atoms with Crippen LogP contribution in [-0.2, 0) is 4.74 Å². The van der Waals surface area contributed by atoms with Crippen LogP contribution in [0, 0.1) is 11.3 Å². The SMILES string of the molecule is C1=Cc2c3c(ccc2=C1)=C1C=CC2CC1(C=C3)C1=C2O1. The molecule has 1 heteroatoms. The zero-order valence-corrected chi connectivity index (χ0v) is 10.9. The molecule has 1 aliphatic heterocycles. The number of rotatable bonds is 0. The van der Waals surface area contributed by atoms with Crippen molar-refractivity contribution in [1.82, 2.24) is 0 Å². The van der Waals surface area contributed by atoms with Crippen molar-refractivity contribution in [1.29, 1.82) is 0 Å². The Hall–Kier alpha value is -2.28. The lowest BCUT2D eigenvalue weighted by Gasteiger charge is -2.34. The number of hydrogen-bond donors (Lipinski definition) is 0. The summed E-state index contributed by atoms with van der Waals surface area (Å²) in [5.74, 6) is 2.98. The summed E-state index contributed by atoms with van der Waals surface area (Å²) >= 11 is 0. The molecule has 0 saturated carbocycles. The third-order valence-corrected chi connectivity index (χ3v) is 5.34. The van der Waals surface area contributed by atoms with Gasteiger partial charge in [-0.3, -0.25) is 0 Å². The van der Waals surface area contributed by atoms with Gasteiger partial charge in [0.05, 0.1) is 5.41 Å². The van der Waals surface area contributed by atoms with Gasteiger partial charge >= 0.3 is 0 Å². The zero-order chi connectivity index (χ0) is 12.9.